The number of sulfone groups is 1. The SMILES string of the molecule is C[C@H](Cc1ccc(C(F)F)cc1)CN1CCC2(C1)CS(=O)(=O)C2. The van der Waals surface area contributed by atoms with Crippen LogP contribution in [0.5, 0.6) is 0 Å². The molecule has 23 heavy (non-hydrogen) atoms. The van der Waals surface area contributed by atoms with E-state index in [0.29, 0.717) is 17.4 Å². The number of hydrogen-bond donors (Lipinski definition) is 0. The van der Waals surface area contributed by atoms with Crippen molar-refractivity contribution in [1.29, 1.82) is 0 Å². The molecule has 3 rings (SSSR count). The van der Waals surface area contributed by atoms with Gasteiger partial charge in [-0.1, -0.05) is 31.2 Å². The summed E-state index contributed by atoms with van der Waals surface area (Å²) in [7, 11) is -2.77. The van der Waals surface area contributed by atoms with Gasteiger partial charge in [-0.15, -0.1) is 0 Å². The van der Waals surface area contributed by atoms with Gasteiger partial charge in [0.2, 0.25) is 0 Å². The van der Waals surface area contributed by atoms with Gasteiger partial charge < -0.3 is 4.90 Å². The van der Waals surface area contributed by atoms with E-state index in [-0.39, 0.29) is 11.0 Å². The molecule has 0 amide bonds. The molecule has 0 saturated carbocycles. The Kier molecular flexibility index (Phi) is 4.49. The molecule has 1 spiro atoms. The fraction of sp³-hybridized carbons (Fsp3) is 0.647. The summed E-state index contributed by atoms with van der Waals surface area (Å²) in [5.74, 6) is 1.11. The molecule has 0 radical (unpaired) electrons. The number of nitrogens with zero attached hydrogens (tertiary/aromatic N) is 1. The van der Waals surface area contributed by atoms with Gasteiger partial charge in [0, 0.05) is 24.1 Å². The van der Waals surface area contributed by atoms with E-state index in [0.717, 1.165) is 38.0 Å². The van der Waals surface area contributed by atoms with Crippen LogP contribution < -0.4 is 0 Å². The Balaban J connectivity index is 1.49. The monoisotopic (exact) mass is 343 g/mol. The van der Waals surface area contributed by atoms with Crippen LogP contribution >= 0.6 is 0 Å². The van der Waals surface area contributed by atoms with Crippen LogP contribution in [-0.2, 0) is 16.3 Å². The van der Waals surface area contributed by atoms with Crippen molar-refractivity contribution >= 4 is 9.84 Å². The van der Waals surface area contributed by atoms with E-state index in [1.807, 2.05) is 0 Å². The number of hydrogen-bond acceptors (Lipinski definition) is 3. The van der Waals surface area contributed by atoms with Gasteiger partial charge >= 0.3 is 0 Å². The van der Waals surface area contributed by atoms with Gasteiger partial charge in [0.25, 0.3) is 6.43 Å². The van der Waals surface area contributed by atoms with Crippen molar-refractivity contribution in [3.05, 3.63) is 35.4 Å². The van der Waals surface area contributed by atoms with Gasteiger partial charge in [-0.3, -0.25) is 0 Å². The Morgan fingerprint density at radius 2 is 1.87 bits per heavy atom. The summed E-state index contributed by atoms with van der Waals surface area (Å²) in [6.07, 6.45) is -0.589. The first-order chi connectivity index (χ1) is 10.8. The molecule has 1 atom stereocenters. The second-order valence-electron chi connectivity index (χ2n) is 7.37. The molecule has 2 heterocycles. The van der Waals surface area contributed by atoms with Crippen LogP contribution in [0, 0.1) is 11.3 Å². The first kappa shape index (κ1) is 16.8. The maximum atomic E-state index is 12.5. The lowest BCUT2D eigenvalue weighted by Crippen LogP contribution is -2.50. The highest BCUT2D eigenvalue weighted by atomic mass is 32.2. The van der Waals surface area contributed by atoms with Crippen LogP contribution in [-0.4, -0.2) is 44.5 Å². The summed E-state index contributed by atoms with van der Waals surface area (Å²) in [6, 6.07) is 6.55. The van der Waals surface area contributed by atoms with E-state index in [1.165, 1.54) is 12.1 Å². The van der Waals surface area contributed by atoms with Gasteiger partial charge in [-0.2, -0.15) is 0 Å². The predicted molar refractivity (Wildman–Crippen MR) is 86.4 cm³/mol. The zero-order chi connectivity index (χ0) is 16.7. The number of likely N-dealkylation sites (tertiary alicyclic amines) is 1. The van der Waals surface area contributed by atoms with Crippen LogP contribution in [0.4, 0.5) is 8.78 Å². The summed E-state index contributed by atoms with van der Waals surface area (Å²) < 4.78 is 47.9. The first-order valence-electron chi connectivity index (χ1n) is 8.07. The van der Waals surface area contributed by atoms with E-state index in [1.54, 1.807) is 12.1 Å². The fourth-order valence-corrected chi connectivity index (χ4v) is 6.27. The van der Waals surface area contributed by atoms with E-state index >= 15 is 0 Å². The molecule has 0 unspecified atom stereocenters. The molecular formula is C17H23F2NO2S. The predicted octanol–water partition coefficient (Wildman–Crippen LogP) is 2.92. The van der Waals surface area contributed by atoms with E-state index in [4.69, 9.17) is 0 Å². The summed E-state index contributed by atoms with van der Waals surface area (Å²) in [5.41, 5.74) is 1.15. The number of alkyl halides is 2. The normalized spacial score (nSPS) is 24.0. The summed E-state index contributed by atoms with van der Waals surface area (Å²) in [4.78, 5) is 2.35. The van der Waals surface area contributed by atoms with Crippen LogP contribution in [0.1, 0.15) is 30.9 Å². The quantitative estimate of drug-likeness (QED) is 0.825. The molecule has 128 valence electrons. The molecule has 1 aromatic carbocycles. The number of halogens is 2. The van der Waals surface area contributed by atoms with Crippen molar-refractivity contribution in [2.45, 2.75) is 26.2 Å². The third kappa shape index (κ3) is 3.91. The molecule has 3 nitrogen and oxygen atoms in total. The van der Waals surface area contributed by atoms with Crippen molar-refractivity contribution in [3.8, 4) is 0 Å². The smallest absolute Gasteiger partial charge is 0.263 e. The zero-order valence-electron chi connectivity index (χ0n) is 13.3. The lowest BCUT2D eigenvalue weighted by atomic mass is 9.91. The molecule has 2 saturated heterocycles. The lowest BCUT2D eigenvalue weighted by Gasteiger charge is -2.37. The molecule has 0 N–H and O–H groups in total. The molecule has 2 aliphatic rings. The summed E-state index contributed by atoms with van der Waals surface area (Å²) >= 11 is 0. The lowest BCUT2D eigenvalue weighted by molar-refractivity contribution is 0.151. The van der Waals surface area contributed by atoms with Crippen molar-refractivity contribution in [1.82, 2.24) is 4.90 Å². The van der Waals surface area contributed by atoms with Gasteiger partial charge in [-0.05, 0) is 30.9 Å². The largest absolute Gasteiger partial charge is 0.302 e. The molecule has 2 aliphatic heterocycles. The highest BCUT2D eigenvalue weighted by Gasteiger charge is 2.51. The summed E-state index contributed by atoms with van der Waals surface area (Å²) in [6.45, 7) is 4.92. The highest BCUT2D eigenvalue weighted by Crippen LogP contribution is 2.41. The van der Waals surface area contributed by atoms with Crippen LogP contribution in [0.25, 0.3) is 0 Å². The number of benzene rings is 1. The van der Waals surface area contributed by atoms with Gasteiger partial charge in [0.15, 0.2) is 9.84 Å². The Hall–Kier alpha value is -1.01. The average molecular weight is 343 g/mol. The van der Waals surface area contributed by atoms with Crippen LogP contribution in [0.2, 0.25) is 0 Å². The second kappa shape index (κ2) is 6.13. The van der Waals surface area contributed by atoms with Crippen molar-refractivity contribution in [3.63, 3.8) is 0 Å². The average Bonchev–Trinajstić information content (AvgIpc) is 2.80. The Morgan fingerprint density at radius 1 is 1.22 bits per heavy atom. The standard InChI is InChI=1S/C17H23F2NO2S/c1-13(8-14-2-4-15(5-3-14)16(18)19)9-20-7-6-17(10-20)11-23(21,22)12-17/h2-5,13,16H,6-12H2,1H3/t13-/m1/s1. The first-order valence-corrected chi connectivity index (χ1v) is 9.89. The minimum Gasteiger partial charge on any atom is -0.302 e. The maximum absolute atomic E-state index is 12.5. The molecule has 0 aromatic heterocycles. The Labute approximate surface area is 136 Å². The van der Waals surface area contributed by atoms with Crippen LogP contribution in [0.15, 0.2) is 24.3 Å². The minimum atomic E-state index is -2.77. The van der Waals surface area contributed by atoms with Crippen molar-refractivity contribution < 1.29 is 17.2 Å². The van der Waals surface area contributed by atoms with E-state index in [2.05, 4.69) is 11.8 Å². The molecule has 6 heteroatoms. The Morgan fingerprint density at radius 3 is 2.43 bits per heavy atom. The third-order valence-electron chi connectivity index (χ3n) is 4.96. The van der Waals surface area contributed by atoms with E-state index in [9.17, 15) is 17.2 Å². The zero-order valence-corrected chi connectivity index (χ0v) is 14.2. The topological polar surface area (TPSA) is 37.4 Å². The molecule has 0 bridgehead atoms. The van der Waals surface area contributed by atoms with Crippen molar-refractivity contribution in [2.75, 3.05) is 31.1 Å². The maximum Gasteiger partial charge on any atom is 0.263 e. The minimum absolute atomic E-state index is 0.0114. The number of rotatable bonds is 5. The van der Waals surface area contributed by atoms with E-state index < -0.39 is 16.3 Å². The van der Waals surface area contributed by atoms with Gasteiger partial charge in [0.1, 0.15) is 0 Å². The summed E-state index contributed by atoms with van der Waals surface area (Å²) in [5, 5.41) is 0. The molecular weight excluding hydrogens is 320 g/mol. The van der Waals surface area contributed by atoms with Crippen LogP contribution in [0.3, 0.4) is 0 Å². The second-order valence-corrected chi connectivity index (χ2v) is 9.43. The Bertz CT molecular complexity index is 646. The fourth-order valence-electron chi connectivity index (χ4n) is 4.02. The molecule has 1 aromatic rings. The molecule has 0 aliphatic carbocycles. The molecule has 2 fully saturated rings. The highest BCUT2D eigenvalue weighted by molar-refractivity contribution is 7.92. The third-order valence-corrected chi connectivity index (χ3v) is 7.06. The van der Waals surface area contributed by atoms with Crippen molar-refractivity contribution in [2.24, 2.45) is 11.3 Å². The van der Waals surface area contributed by atoms with Gasteiger partial charge in [0.05, 0.1) is 11.5 Å². The van der Waals surface area contributed by atoms with Gasteiger partial charge in [-0.25, -0.2) is 17.2 Å².